The molecular formula is C23H26N2O4S. The van der Waals surface area contributed by atoms with Crippen LogP contribution in [0.3, 0.4) is 0 Å². The van der Waals surface area contributed by atoms with Crippen LogP contribution in [0.1, 0.15) is 12.0 Å². The van der Waals surface area contributed by atoms with E-state index < -0.39 is 10.0 Å². The monoisotopic (exact) mass is 426 g/mol. The highest BCUT2D eigenvalue weighted by molar-refractivity contribution is 7.89. The number of ether oxygens (including phenoxy) is 1. The first-order chi connectivity index (χ1) is 14.5. The summed E-state index contributed by atoms with van der Waals surface area (Å²) in [5.41, 5.74) is 1.10. The van der Waals surface area contributed by atoms with Crippen molar-refractivity contribution in [3.63, 3.8) is 0 Å². The van der Waals surface area contributed by atoms with Gasteiger partial charge in [0, 0.05) is 25.7 Å². The third kappa shape index (κ3) is 4.99. The lowest BCUT2D eigenvalue weighted by Crippen LogP contribution is -2.36. The number of nitrogens with zero attached hydrogens (tertiary/aromatic N) is 1. The highest BCUT2D eigenvalue weighted by atomic mass is 32.2. The van der Waals surface area contributed by atoms with Crippen molar-refractivity contribution < 1.29 is 18.3 Å². The Morgan fingerprint density at radius 1 is 1.03 bits per heavy atom. The van der Waals surface area contributed by atoms with Crippen molar-refractivity contribution in [3.8, 4) is 5.75 Å². The maximum absolute atomic E-state index is 12.9. The van der Waals surface area contributed by atoms with Crippen LogP contribution in [-0.2, 0) is 16.6 Å². The third-order valence-corrected chi connectivity index (χ3v) is 6.81. The fourth-order valence-corrected chi connectivity index (χ4v) is 5.15. The van der Waals surface area contributed by atoms with E-state index in [1.807, 2.05) is 54.6 Å². The second-order valence-electron chi connectivity index (χ2n) is 7.57. The van der Waals surface area contributed by atoms with Gasteiger partial charge in [0.05, 0.1) is 11.5 Å². The zero-order valence-electron chi connectivity index (χ0n) is 16.7. The third-order valence-electron chi connectivity index (χ3n) is 5.29. The number of hydrogen-bond acceptors (Lipinski definition) is 5. The lowest BCUT2D eigenvalue weighted by molar-refractivity contribution is 0.201. The normalized spacial score (nSPS) is 17.4. The van der Waals surface area contributed by atoms with Gasteiger partial charge in [-0.3, -0.25) is 4.90 Å². The smallest absolute Gasteiger partial charge is 0.240 e. The van der Waals surface area contributed by atoms with Gasteiger partial charge in [-0.15, -0.1) is 0 Å². The zero-order valence-corrected chi connectivity index (χ0v) is 17.5. The number of rotatable bonds is 8. The molecule has 0 unspecified atom stereocenters. The lowest BCUT2D eigenvalue weighted by Gasteiger charge is -2.17. The molecule has 3 aromatic rings. The summed E-state index contributed by atoms with van der Waals surface area (Å²) in [6.45, 7) is 2.47. The van der Waals surface area contributed by atoms with Gasteiger partial charge >= 0.3 is 0 Å². The van der Waals surface area contributed by atoms with Gasteiger partial charge in [-0.1, -0.05) is 42.5 Å². The van der Waals surface area contributed by atoms with Crippen LogP contribution < -0.4 is 9.46 Å². The Hall–Kier alpha value is -2.45. The van der Waals surface area contributed by atoms with E-state index in [-0.39, 0.29) is 19.3 Å². The minimum atomic E-state index is -3.57. The van der Waals surface area contributed by atoms with Crippen molar-refractivity contribution >= 4 is 20.8 Å². The fourth-order valence-electron chi connectivity index (χ4n) is 3.85. The highest BCUT2D eigenvalue weighted by Gasteiger charge is 2.27. The first-order valence-corrected chi connectivity index (χ1v) is 11.6. The van der Waals surface area contributed by atoms with Gasteiger partial charge in [-0.05, 0) is 47.0 Å². The molecule has 0 radical (unpaired) electrons. The molecule has 2 N–H and O–H groups in total. The maximum atomic E-state index is 12.9. The molecule has 30 heavy (non-hydrogen) atoms. The number of nitrogens with one attached hydrogen (secondary N) is 1. The first-order valence-electron chi connectivity index (χ1n) is 10.1. The molecule has 0 bridgehead atoms. The minimum Gasteiger partial charge on any atom is -0.491 e. The summed E-state index contributed by atoms with van der Waals surface area (Å²) in [4.78, 5) is 2.53. The Kier molecular flexibility index (Phi) is 6.34. The average molecular weight is 427 g/mol. The number of benzene rings is 3. The van der Waals surface area contributed by atoms with Crippen LogP contribution in [0.2, 0.25) is 0 Å². The van der Waals surface area contributed by atoms with E-state index in [1.165, 1.54) is 0 Å². The van der Waals surface area contributed by atoms with Crippen LogP contribution in [-0.4, -0.2) is 50.8 Å². The summed E-state index contributed by atoms with van der Waals surface area (Å²) in [5, 5.41) is 10.8. The molecular weight excluding hydrogens is 400 g/mol. The highest BCUT2D eigenvalue weighted by Crippen LogP contribution is 2.22. The van der Waals surface area contributed by atoms with E-state index in [9.17, 15) is 8.42 Å². The molecule has 1 fully saturated rings. The number of fused-ring (bicyclic) bond motifs is 1. The number of likely N-dealkylation sites (tertiary alicyclic amines) is 1. The van der Waals surface area contributed by atoms with Crippen LogP contribution in [0.15, 0.2) is 71.6 Å². The van der Waals surface area contributed by atoms with Gasteiger partial charge in [0.25, 0.3) is 0 Å². The van der Waals surface area contributed by atoms with Crippen molar-refractivity contribution in [1.29, 1.82) is 0 Å². The zero-order chi connectivity index (χ0) is 21.0. The van der Waals surface area contributed by atoms with Gasteiger partial charge in [-0.25, -0.2) is 13.1 Å². The molecule has 7 heteroatoms. The predicted molar refractivity (Wildman–Crippen MR) is 117 cm³/mol. The van der Waals surface area contributed by atoms with Gasteiger partial charge < -0.3 is 9.84 Å². The van der Waals surface area contributed by atoms with E-state index >= 15 is 0 Å². The van der Waals surface area contributed by atoms with Crippen molar-refractivity contribution in [2.24, 2.45) is 0 Å². The molecule has 1 saturated heterocycles. The fraction of sp³-hybridized carbons (Fsp3) is 0.304. The van der Waals surface area contributed by atoms with Crippen molar-refractivity contribution in [2.45, 2.75) is 23.9 Å². The molecule has 0 aromatic heterocycles. The van der Waals surface area contributed by atoms with E-state index in [1.54, 1.807) is 12.1 Å². The Morgan fingerprint density at radius 3 is 2.70 bits per heavy atom. The number of hydrogen-bond donors (Lipinski definition) is 2. The van der Waals surface area contributed by atoms with Crippen LogP contribution >= 0.6 is 0 Å². The maximum Gasteiger partial charge on any atom is 0.240 e. The summed E-state index contributed by atoms with van der Waals surface area (Å²) in [5.74, 6) is 0.731. The van der Waals surface area contributed by atoms with Crippen LogP contribution in [0.4, 0.5) is 0 Å². The standard InChI is InChI=1S/C23H26N2O4S/c26-12-13-29-22-7-3-4-18(14-22)16-25-11-10-21(17-25)24-30(27,28)23-9-8-19-5-1-2-6-20(19)15-23/h1-9,14-15,21,24,26H,10-13,16-17H2/t21-/m0/s1. The second kappa shape index (κ2) is 9.14. The van der Waals surface area contributed by atoms with Gasteiger partial charge in [-0.2, -0.15) is 0 Å². The van der Waals surface area contributed by atoms with E-state index in [0.717, 1.165) is 41.6 Å². The summed E-state index contributed by atoms with van der Waals surface area (Å²) in [6.07, 6.45) is 0.771. The summed E-state index contributed by atoms with van der Waals surface area (Å²) < 4.78 is 34.1. The molecule has 1 aliphatic rings. The molecule has 1 aliphatic heterocycles. The quantitative estimate of drug-likeness (QED) is 0.579. The average Bonchev–Trinajstić information content (AvgIpc) is 3.18. The lowest BCUT2D eigenvalue weighted by atomic mass is 10.1. The summed E-state index contributed by atoms with van der Waals surface area (Å²) in [7, 11) is -3.57. The van der Waals surface area contributed by atoms with E-state index in [0.29, 0.717) is 11.4 Å². The van der Waals surface area contributed by atoms with Gasteiger partial charge in [0.2, 0.25) is 10.0 Å². The Morgan fingerprint density at radius 2 is 1.87 bits per heavy atom. The Bertz CT molecular complexity index is 1120. The molecule has 1 atom stereocenters. The van der Waals surface area contributed by atoms with E-state index in [4.69, 9.17) is 9.84 Å². The molecule has 1 heterocycles. The largest absolute Gasteiger partial charge is 0.491 e. The Labute approximate surface area is 177 Å². The van der Waals surface area contributed by atoms with E-state index in [2.05, 4.69) is 9.62 Å². The number of aliphatic hydroxyl groups excluding tert-OH is 1. The van der Waals surface area contributed by atoms with Gasteiger partial charge in [0.15, 0.2) is 0 Å². The minimum absolute atomic E-state index is 0.0185. The number of sulfonamides is 1. The van der Waals surface area contributed by atoms with Crippen molar-refractivity contribution in [3.05, 3.63) is 72.3 Å². The molecule has 0 spiro atoms. The Balaban J connectivity index is 1.38. The van der Waals surface area contributed by atoms with Crippen LogP contribution in [0.25, 0.3) is 10.8 Å². The molecule has 0 saturated carbocycles. The van der Waals surface area contributed by atoms with Crippen molar-refractivity contribution in [2.75, 3.05) is 26.3 Å². The molecule has 158 valence electrons. The second-order valence-corrected chi connectivity index (χ2v) is 9.28. The molecule has 4 rings (SSSR count). The molecule has 0 aliphatic carbocycles. The molecule has 0 amide bonds. The summed E-state index contributed by atoms with van der Waals surface area (Å²) in [6, 6.07) is 20.6. The molecule has 3 aromatic carbocycles. The topological polar surface area (TPSA) is 78.9 Å². The summed E-state index contributed by atoms with van der Waals surface area (Å²) >= 11 is 0. The first kappa shape index (κ1) is 20.8. The molecule has 6 nitrogen and oxygen atoms in total. The SMILES string of the molecule is O=S(=O)(N[C@H]1CCN(Cc2cccc(OCCO)c2)C1)c1ccc2ccccc2c1. The van der Waals surface area contributed by atoms with Crippen LogP contribution in [0.5, 0.6) is 5.75 Å². The number of aliphatic hydroxyl groups is 1. The van der Waals surface area contributed by atoms with Crippen LogP contribution in [0, 0.1) is 0 Å². The van der Waals surface area contributed by atoms with Crippen molar-refractivity contribution in [1.82, 2.24) is 9.62 Å². The van der Waals surface area contributed by atoms with Gasteiger partial charge in [0.1, 0.15) is 12.4 Å². The predicted octanol–water partition coefficient (Wildman–Crippen LogP) is 2.76.